The van der Waals surface area contributed by atoms with Gasteiger partial charge in [-0.2, -0.15) is 0 Å². The number of amides is 1. The molecule has 3 aliphatic rings. The van der Waals surface area contributed by atoms with Crippen molar-refractivity contribution >= 4 is 40.6 Å². The minimum Gasteiger partial charge on any atom is -0.497 e. The van der Waals surface area contributed by atoms with E-state index in [0.717, 1.165) is 53.5 Å². The van der Waals surface area contributed by atoms with Crippen molar-refractivity contribution in [1.29, 1.82) is 0 Å². The highest BCUT2D eigenvalue weighted by Crippen LogP contribution is 2.43. The number of aromatic nitrogens is 1. The van der Waals surface area contributed by atoms with Crippen LogP contribution in [0.2, 0.25) is 0 Å². The Bertz CT molecular complexity index is 2420. The highest BCUT2D eigenvalue weighted by molar-refractivity contribution is 7.80. The fraction of sp³-hybridized carbons (Fsp3) is 0.176. The average molecular weight is 764 g/mol. The summed E-state index contributed by atoms with van der Waals surface area (Å²) in [7, 11) is 0.579. The first-order chi connectivity index (χ1) is 28.1. The van der Waals surface area contributed by atoms with Gasteiger partial charge in [-0.15, -0.1) is 6.58 Å². The molecule has 57 heavy (non-hydrogen) atoms. The van der Waals surface area contributed by atoms with E-state index in [9.17, 15) is 0 Å². The highest BCUT2D eigenvalue weighted by atomic mass is 31.1. The van der Waals surface area contributed by atoms with E-state index in [1.807, 2.05) is 42.6 Å². The predicted molar refractivity (Wildman–Crippen MR) is 236 cm³/mol. The number of benzene rings is 6. The quantitative estimate of drug-likeness (QED) is 0.105. The lowest BCUT2D eigenvalue weighted by Gasteiger charge is -2.51. The van der Waals surface area contributed by atoms with E-state index < -0.39 is 7.92 Å². The fourth-order valence-corrected chi connectivity index (χ4v) is 11.4. The summed E-state index contributed by atoms with van der Waals surface area (Å²) >= 11 is 0. The molecule has 7 aromatic rings. The first-order valence-corrected chi connectivity index (χ1v) is 21.2. The molecule has 4 unspecified atom stereocenters. The van der Waals surface area contributed by atoms with Crippen molar-refractivity contribution in [1.82, 2.24) is 15.2 Å². The maximum atomic E-state index is 15.1. The van der Waals surface area contributed by atoms with Crippen LogP contribution in [0.1, 0.15) is 34.8 Å². The predicted octanol–water partition coefficient (Wildman–Crippen LogP) is 9.70. The van der Waals surface area contributed by atoms with Crippen LogP contribution in [0.5, 0.6) is 5.75 Å². The molecule has 2 bridgehead atoms. The standard InChI is InChI=1S/C51H46N3O2P/c1-3-35-34-54-31-29-40(35)32-48(54)50(44-28-30-52-47-27-22-41(56-2)33-46(44)47)53-51(55)45-16-10-11-17-49(45)57(42-23-18-38(19-24-42)36-12-6-4-7-13-36)43-25-20-39(21-26-43)37-14-8-5-9-15-37/h3-28,30,33,35,40,48,50H,1,29,31-32,34H2,2H3,(H,53,55)/t35?,40?,48?,50-/m0/s1. The van der Waals surface area contributed by atoms with Crippen molar-refractivity contribution in [2.24, 2.45) is 11.8 Å². The number of pyridine rings is 1. The maximum Gasteiger partial charge on any atom is 0.252 e. The van der Waals surface area contributed by atoms with E-state index in [-0.39, 0.29) is 18.0 Å². The zero-order chi connectivity index (χ0) is 38.7. The first-order valence-electron chi connectivity index (χ1n) is 19.9. The molecule has 6 aromatic carbocycles. The van der Waals surface area contributed by atoms with Crippen LogP contribution in [-0.2, 0) is 0 Å². The minimum atomic E-state index is -1.11. The monoisotopic (exact) mass is 763 g/mol. The molecule has 1 N–H and O–H groups in total. The molecule has 282 valence electrons. The Hall–Kier alpha value is -5.87. The van der Waals surface area contributed by atoms with Gasteiger partial charge in [-0.1, -0.05) is 133 Å². The molecule has 1 amide bonds. The molecular formula is C51H46N3O2P. The van der Waals surface area contributed by atoms with Crippen LogP contribution < -0.4 is 26.0 Å². The third-order valence-electron chi connectivity index (χ3n) is 12.0. The van der Waals surface area contributed by atoms with Gasteiger partial charge in [0, 0.05) is 29.7 Å². The molecule has 1 aromatic heterocycles. The normalized spacial score (nSPS) is 19.3. The number of hydrogen-bond acceptors (Lipinski definition) is 4. The number of carbonyl (C=O) groups excluding carboxylic acids is 1. The van der Waals surface area contributed by atoms with Gasteiger partial charge in [0.1, 0.15) is 5.75 Å². The smallest absolute Gasteiger partial charge is 0.252 e. The molecule has 6 heteroatoms. The zero-order valence-electron chi connectivity index (χ0n) is 32.2. The Morgan fingerprint density at radius 3 is 2.00 bits per heavy atom. The van der Waals surface area contributed by atoms with E-state index in [1.54, 1.807) is 7.11 Å². The lowest BCUT2D eigenvalue weighted by molar-refractivity contribution is 0.00171. The summed E-state index contributed by atoms with van der Waals surface area (Å²) in [6, 6.07) is 55.0. The summed E-state index contributed by atoms with van der Waals surface area (Å²) < 4.78 is 5.69. The third kappa shape index (κ3) is 7.42. The second kappa shape index (κ2) is 16.3. The first kappa shape index (κ1) is 36.7. The van der Waals surface area contributed by atoms with Crippen LogP contribution in [0.25, 0.3) is 33.2 Å². The van der Waals surface area contributed by atoms with Crippen molar-refractivity contribution in [3.63, 3.8) is 0 Å². The molecule has 3 saturated heterocycles. The summed E-state index contributed by atoms with van der Waals surface area (Å²) in [4.78, 5) is 22.4. The van der Waals surface area contributed by atoms with Gasteiger partial charge in [0.25, 0.3) is 5.91 Å². The van der Waals surface area contributed by atoms with Gasteiger partial charge < -0.3 is 10.1 Å². The Morgan fingerprint density at radius 1 is 0.789 bits per heavy atom. The molecule has 3 fully saturated rings. The SMILES string of the molecule is C=CC1CN2CCC1CC2[C@@H](NC(=O)c1ccccc1P(c1ccc(-c2ccccc2)cc1)c1ccc(-c2ccccc2)cc1)c1ccnc2ccc(OC)cc12. The van der Waals surface area contributed by atoms with E-state index in [2.05, 4.69) is 144 Å². The van der Waals surface area contributed by atoms with Crippen molar-refractivity contribution in [3.05, 3.63) is 188 Å². The second-order valence-electron chi connectivity index (χ2n) is 15.2. The summed E-state index contributed by atoms with van der Waals surface area (Å²) in [5, 5.41) is 8.06. The molecule has 10 rings (SSSR count). The van der Waals surface area contributed by atoms with Gasteiger partial charge >= 0.3 is 0 Å². The zero-order valence-corrected chi connectivity index (χ0v) is 33.1. The van der Waals surface area contributed by atoms with Crippen molar-refractivity contribution in [2.45, 2.75) is 24.9 Å². The third-order valence-corrected chi connectivity index (χ3v) is 14.5. The van der Waals surface area contributed by atoms with Gasteiger partial charge in [-0.3, -0.25) is 14.7 Å². The van der Waals surface area contributed by atoms with E-state index in [4.69, 9.17) is 9.72 Å². The number of methoxy groups -OCH3 is 1. The van der Waals surface area contributed by atoms with Crippen LogP contribution in [0.15, 0.2) is 177 Å². The number of carbonyl (C=O) groups is 1. The van der Waals surface area contributed by atoms with Crippen LogP contribution >= 0.6 is 7.92 Å². The Labute approximate surface area is 336 Å². The molecule has 0 saturated carbocycles. The molecule has 0 radical (unpaired) electrons. The van der Waals surface area contributed by atoms with E-state index in [1.165, 1.54) is 32.9 Å². The summed E-state index contributed by atoms with van der Waals surface area (Å²) in [5.74, 6) is 1.70. The Kier molecular flexibility index (Phi) is 10.5. The number of piperidine rings is 3. The molecular weight excluding hydrogens is 718 g/mol. The highest BCUT2D eigenvalue weighted by Gasteiger charge is 2.43. The Morgan fingerprint density at radius 2 is 1.40 bits per heavy atom. The lowest BCUT2D eigenvalue weighted by Crippen LogP contribution is -2.57. The fourth-order valence-electron chi connectivity index (χ4n) is 9.02. The molecule has 5 atom stereocenters. The largest absolute Gasteiger partial charge is 0.497 e. The number of rotatable bonds is 11. The summed E-state index contributed by atoms with van der Waals surface area (Å²) in [6.07, 6.45) is 6.14. The molecule has 3 aliphatic heterocycles. The van der Waals surface area contributed by atoms with E-state index >= 15 is 4.79 Å². The maximum absolute atomic E-state index is 15.1. The number of nitrogens with zero attached hydrogens (tertiary/aromatic N) is 2. The molecule has 0 aliphatic carbocycles. The van der Waals surface area contributed by atoms with Crippen LogP contribution in [0.3, 0.4) is 0 Å². The molecule has 4 heterocycles. The molecule has 5 nitrogen and oxygen atoms in total. The number of ether oxygens (including phenoxy) is 1. The topological polar surface area (TPSA) is 54.5 Å². The minimum absolute atomic E-state index is 0.0688. The van der Waals surface area contributed by atoms with Gasteiger partial charge in [-0.25, -0.2) is 0 Å². The van der Waals surface area contributed by atoms with Crippen LogP contribution in [0.4, 0.5) is 0 Å². The van der Waals surface area contributed by atoms with Crippen LogP contribution in [0, 0.1) is 11.8 Å². The van der Waals surface area contributed by atoms with Crippen molar-refractivity contribution in [3.8, 4) is 28.0 Å². The average Bonchev–Trinajstić information content (AvgIpc) is 3.29. The summed E-state index contributed by atoms with van der Waals surface area (Å²) in [6.45, 7) is 6.15. The second-order valence-corrected chi connectivity index (χ2v) is 17.3. The van der Waals surface area contributed by atoms with Gasteiger partial charge in [0.05, 0.1) is 18.7 Å². The summed E-state index contributed by atoms with van der Waals surface area (Å²) in [5.41, 5.74) is 7.34. The van der Waals surface area contributed by atoms with Gasteiger partial charge in [-0.05, 0) is 113 Å². The van der Waals surface area contributed by atoms with Crippen molar-refractivity contribution in [2.75, 3.05) is 20.2 Å². The van der Waals surface area contributed by atoms with Crippen molar-refractivity contribution < 1.29 is 9.53 Å². The van der Waals surface area contributed by atoms with Crippen LogP contribution in [-0.4, -0.2) is 42.0 Å². The number of fused-ring (bicyclic) bond motifs is 4. The lowest BCUT2D eigenvalue weighted by atomic mass is 9.73. The number of hydrogen-bond donors (Lipinski definition) is 1. The Balaban J connectivity index is 1.13. The molecule has 0 spiro atoms. The van der Waals surface area contributed by atoms with Gasteiger partial charge in [0.2, 0.25) is 0 Å². The van der Waals surface area contributed by atoms with E-state index in [0.29, 0.717) is 17.4 Å². The van der Waals surface area contributed by atoms with Gasteiger partial charge in [0.15, 0.2) is 0 Å². The number of nitrogens with one attached hydrogen (secondary N) is 1.